The predicted molar refractivity (Wildman–Crippen MR) is 38.4 cm³/mol. The molecule has 1 heterocycles. The summed E-state index contributed by atoms with van der Waals surface area (Å²) in [6.45, 7) is 2.64. The molecule has 2 heteroatoms. The summed E-state index contributed by atoms with van der Waals surface area (Å²) in [5.41, 5.74) is 0. The van der Waals surface area contributed by atoms with Crippen molar-refractivity contribution >= 4 is 0 Å². The Morgan fingerprint density at radius 2 is 1.78 bits per heavy atom. The van der Waals surface area contributed by atoms with Gasteiger partial charge in [-0.15, -0.1) is 0 Å². The summed E-state index contributed by atoms with van der Waals surface area (Å²) < 4.78 is 0. The van der Waals surface area contributed by atoms with Gasteiger partial charge in [0, 0.05) is 18.9 Å². The number of quaternary nitrogens is 1. The van der Waals surface area contributed by atoms with E-state index in [-0.39, 0.29) is 0 Å². The van der Waals surface area contributed by atoms with Gasteiger partial charge in [0.1, 0.15) is 0 Å². The highest BCUT2D eigenvalue weighted by molar-refractivity contribution is 4.66. The van der Waals surface area contributed by atoms with E-state index in [0.29, 0.717) is 0 Å². The molecule has 1 aliphatic rings. The van der Waals surface area contributed by atoms with Crippen LogP contribution in [-0.4, -0.2) is 38.1 Å². The van der Waals surface area contributed by atoms with Crippen LogP contribution in [0.5, 0.6) is 0 Å². The first-order valence-electron chi connectivity index (χ1n) is 3.79. The summed E-state index contributed by atoms with van der Waals surface area (Å²) in [5, 5.41) is 2.40. The molecule has 0 amide bonds. The second-order valence-corrected chi connectivity index (χ2v) is 3.06. The Bertz CT molecular complexity index is 75.0. The van der Waals surface area contributed by atoms with E-state index in [4.69, 9.17) is 0 Å². The molecule has 0 aromatic heterocycles. The van der Waals surface area contributed by atoms with Gasteiger partial charge in [0.2, 0.25) is 0 Å². The van der Waals surface area contributed by atoms with Crippen LogP contribution in [-0.2, 0) is 0 Å². The molecule has 1 fully saturated rings. The summed E-state index contributed by atoms with van der Waals surface area (Å²) in [6.07, 6.45) is 2.74. The summed E-state index contributed by atoms with van der Waals surface area (Å²) in [5.74, 6) is 0. The fourth-order valence-electron chi connectivity index (χ4n) is 1.43. The molecule has 0 radical (unpaired) electrons. The van der Waals surface area contributed by atoms with Crippen LogP contribution in [0, 0.1) is 0 Å². The van der Waals surface area contributed by atoms with Crippen LogP contribution in [0.2, 0.25) is 0 Å². The minimum atomic E-state index is 0.856. The lowest BCUT2D eigenvalue weighted by atomic mass is 10.1. The van der Waals surface area contributed by atoms with Gasteiger partial charge in [-0.25, -0.2) is 0 Å². The molecular formula is C7H17N2+. The van der Waals surface area contributed by atoms with E-state index in [0.717, 1.165) is 6.04 Å². The van der Waals surface area contributed by atoms with E-state index in [1.54, 1.807) is 0 Å². The van der Waals surface area contributed by atoms with Gasteiger partial charge in [-0.3, -0.25) is 0 Å². The normalized spacial score (nSPS) is 23.0. The van der Waals surface area contributed by atoms with Crippen molar-refractivity contribution in [2.45, 2.75) is 18.9 Å². The number of piperidine rings is 1. The Balaban J connectivity index is 2.23. The number of nitrogens with zero attached hydrogens (tertiary/aromatic N) is 1. The van der Waals surface area contributed by atoms with E-state index in [1.807, 2.05) is 0 Å². The Kier molecular flexibility index (Phi) is 2.49. The van der Waals surface area contributed by atoms with Gasteiger partial charge in [-0.1, -0.05) is 0 Å². The molecule has 1 aliphatic heterocycles. The van der Waals surface area contributed by atoms with Crippen molar-refractivity contribution in [2.75, 3.05) is 27.2 Å². The van der Waals surface area contributed by atoms with Crippen LogP contribution in [0.1, 0.15) is 12.8 Å². The average molecular weight is 129 g/mol. The highest BCUT2D eigenvalue weighted by Gasteiger charge is 2.16. The molecule has 0 aromatic carbocycles. The third kappa shape index (κ3) is 1.95. The summed E-state index contributed by atoms with van der Waals surface area (Å²) >= 11 is 0. The molecule has 9 heavy (non-hydrogen) atoms. The van der Waals surface area contributed by atoms with Gasteiger partial charge in [0.15, 0.2) is 0 Å². The SMILES string of the molecule is CN(C)C1CC[NH2+]CC1. The van der Waals surface area contributed by atoms with Crippen LogP contribution < -0.4 is 5.32 Å². The van der Waals surface area contributed by atoms with E-state index in [1.165, 1.54) is 25.9 Å². The van der Waals surface area contributed by atoms with Crippen LogP contribution in [0.25, 0.3) is 0 Å². The van der Waals surface area contributed by atoms with Gasteiger partial charge >= 0.3 is 0 Å². The third-order valence-corrected chi connectivity index (χ3v) is 2.14. The van der Waals surface area contributed by atoms with E-state index >= 15 is 0 Å². The molecule has 2 N–H and O–H groups in total. The largest absolute Gasteiger partial charge is 0.346 e. The fraction of sp³-hybridized carbons (Fsp3) is 1.00. The molecule has 0 spiro atoms. The predicted octanol–water partition coefficient (Wildman–Crippen LogP) is -0.726. The van der Waals surface area contributed by atoms with Gasteiger partial charge < -0.3 is 10.2 Å². The Labute approximate surface area is 57.2 Å². The van der Waals surface area contributed by atoms with Crippen molar-refractivity contribution in [3.8, 4) is 0 Å². The first-order chi connectivity index (χ1) is 4.30. The summed E-state index contributed by atoms with van der Waals surface area (Å²) in [7, 11) is 4.35. The first kappa shape index (κ1) is 7.03. The highest BCUT2D eigenvalue weighted by Crippen LogP contribution is 2.03. The minimum absolute atomic E-state index is 0.856. The van der Waals surface area contributed by atoms with Crippen molar-refractivity contribution in [1.82, 2.24) is 4.90 Å². The zero-order valence-electron chi connectivity index (χ0n) is 6.43. The first-order valence-corrected chi connectivity index (χ1v) is 3.79. The molecule has 0 bridgehead atoms. The highest BCUT2D eigenvalue weighted by atomic mass is 15.1. The summed E-state index contributed by atoms with van der Waals surface area (Å²) in [4.78, 5) is 2.34. The smallest absolute Gasteiger partial charge is 0.0770 e. The molecule has 0 atom stereocenters. The van der Waals surface area contributed by atoms with Crippen molar-refractivity contribution in [3.63, 3.8) is 0 Å². The lowest BCUT2D eigenvalue weighted by Crippen LogP contribution is -2.87. The Hall–Kier alpha value is -0.0800. The Morgan fingerprint density at radius 3 is 2.11 bits per heavy atom. The van der Waals surface area contributed by atoms with E-state index in [9.17, 15) is 0 Å². The second-order valence-electron chi connectivity index (χ2n) is 3.06. The zero-order valence-corrected chi connectivity index (χ0v) is 6.43. The standard InChI is InChI=1S/C7H16N2/c1-9(2)7-3-5-8-6-4-7/h7-8H,3-6H2,1-2H3/p+1. The molecule has 54 valence electrons. The van der Waals surface area contributed by atoms with Crippen molar-refractivity contribution < 1.29 is 5.32 Å². The second kappa shape index (κ2) is 3.18. The quantitative estimate of drug-likeness (QED) is 0.495. The van der Waals surface area contributed by atoms with Gasteiger partial charge in [-0.05, 0) is 14.1 Å². The maximum Gasteiger partial charge on any atom is 0.0770 e. The monoisotopic (exact) mass is 129 g/mol. The molecule has 2 nitrogen and oxygen atoms in total. The number of nitrogens with two attached hydrogens (primary N) is 1. The van der Waals surface area contributed by atoms with Gasteiger partial charge in [-0.2, -0.15) is 0 Å². The van der Waals surface area contributed by atoms with Gasteiger partial charge in [0.05, 0.1) is 13.1 Å². The maximum atomic E-state index is 2.40. The van der Waals surface area contributed by atoms with Crippen LogP contribution in [0.3, 0.4) is 0 Å². The molecule has 0 aromatic rings. The topological polar surface area (TPSA) is 19.9 Å². The fourth-order valence-corrected chi connectivity index (χ4v) is 1.43. The van der Waals surface area contributed by atoms with E-state index in [2.05, 4.69) is 24.3 Å². The average Bonchev–Trinajstić information content (AvgIpc) is 1.90. The number of hydrogen-bond donors (Lipinski definition) is 1. The van der Waals surface area contributed by atoms with Gasteiger partial charge in [0.25, 0.3) is 0 Å². The molecule has 1 rings (SSSR count). The van der Waals surface area contributed by atoms with Crippen LogP contribution >= 0.6 is 0 Å². The number of rotatable bonds is 1. The maximum absolute atomic E-state index is 2.40. The van der Waals surface area contributed by atoms with Crippen LogP contribution in [0.4, 0.5) is 0 Å². The molecule has 0 unspecified atom stereocenters. The van der Waals surface area contributed by atoms with Crippen molar-refractivity contribution in [2.24, 2.45) is 0 Å². The van der Waals surface area contributed by atoms with E-state index < -0.39 is 0 Å². The summed E-state index contributed by atoms with van der Waals surface area (Å²) in [6, 6.07) is 0.856. The molecular weight excluding hydrogens is 112 g/mol. The lowest BCUT2D eigenvalue weighted by molar-refractivity contribution is -0.663. The molecule has 0 saturated carbocycles. The molecule has 0 aliphatic carbocycles. The lowest BCUT2D eigenvalue weighted by Gasteiger charge is -2.26. The van der Waals surface area contributed by atoms with Crippen molar-refractivity contribution in [3.05, 3.63) is 0 Å². The third-order valence-electron chi connectivity index (χ3n) is 2.14. The Morgan fingerprint density at radius 1 is 1.22 bits per heavy atom. The van der Waals surface area contributed by atoms with Crippen molar-refractivity contribution in [1.29, 1.82) is 0 Å². The molecule has 1 saturated heterocycles. The zero-order chi connectivity index (χ0) is 6.69. The minimum Gasteiger partial charge on any atom is -0.346 e. The number of hydrogen-bond acceptors (Lipinski definition) is 1. The van der Waals surface area contributed by atoms with Crippen LogP contribution in [0.15, 0.2) is 0 Å².